The lowest BCUT2D eigenvalue weighted by Crippen LogP contribution is -2.33. The van der Waals surface area contributed by atoms with Crippen LogP contribution in [0.25, 0.3) is 0 Å². The fraction of sp³-hybridized carbons (Fsp3) is 0.500. The predicted octanol–water partition coefficient (Wildman–Crippen LogP) is 2.08. The zero-order chi connectivity index (χ0) is 15.1. The number of amides is 1. The van der Waals surface area contributed by atoms with E-state index in [0.29, 0.717) is 19.6 Å². The van der Waals surface area contributed by atoms with Gasteiger partial charge in [-0.15, -0.1) is 0 Å². The summed E-state index contributed by atoms with van der Waals surface area (Å²) in [5.74, 6) is -2.00. The molecule has 0 spiro atoms. The number of carbonyl (C=O) groups excluding carboxylic acids is 1. The molecule has 0 fully saturated rings. The molecule has 112 valence electrons. The quantitative estimate of drug-likeness (QED) is 0.806. The van der Waals surface area contributed by atoms with Gasteiger partial charge in [-0.2, -0.15) is 0 Å². The normalized spacial score (nSPS) is 10.7. The zero-order valence-corrected chi connectivity index (χ0v) is 12.1. The molecule has 1 amide bonds. The van der Waals surface area contributed by atoms with Crippen LogP contribution in [0.1, 0.15) is 24.2 Å². The van der Waals surface area contributed by atoms with Gasteiger partial charge in [-0.3, -0.25) is 4.79 Å². The highest BCUT2D eigenvalue weighted by atomic mass is 19.1. The average Bonchev–Trinajstić information content (AvgIpc) is 2.42. The molecule has 1 aromatic rings. The number of benzene rings is 1. The molecule has 0 heterocycles. The highest BCUT2D eigenvalue weighted by Gasteiger charge is 2.14. The molecule has 1 aromatic carbocycles. The smallest absolute Gasteiger partial charge is 0.251 e. The second-order valence-electron chi connectivity index (χ2n) is 4.50. The van der Waals surface area contributed by atoms with Gasteiger partial charge in [-0.25, -0.2) is 8.78 Å². The molecule has 2 N–H and O–H groups in total. The molecule has 0 unspecified atom stereocenters. The molecule has 0 aromatic heterocycles. The van der Waals surface area contributed by atoms with Crippen molar-refractivity contribution >= 4 is 11.6 Å². The maximum absolute atomic E-state index is 13.7. The van der Waals surface area contributed by atoms with Crippen LogP contribution in [0.3, 0.4) is 0 Å². The van der Waals surface area contributed by atoms with Crippen molar-refractivity contribution in [1.82, 2.24) is 10.2 Å². The first-order valence-corrected chi connectivity index (χ1v) is 6.69. The Morgan fingerprint density at radius 2 is 1.85 bits per heavy atom. The summed E-state index contributed by atoms with van der Waals surface area (Å²) in [7, 11) is 1.93. The van der Waals surface area contributed by atoms with Gasteiger partial charge in [0.15, 0.2) is 0 Å². The number of nitrogens with one attached hydrogen (secondary N) is 2. The molecular formula is C14H21F2N3O. The number of hydrogen-bond acceptors (Lipinski definition) is 3. The Hall–Kier alpha value is -1.69. The number of hydrogen-bond donors (Lipinski definition) is 2. The summed E-state index contributed by atoms with van der Waals surface area (Å²) in [6.07, 6.45) is 0. The molecule has 0 radical (unpaired) electrons. The van der Waals surface area contributed by atoms with E-state index >= 15 is 0 Å². The lowest BCUT2D eigenvalue weighted by molar-refractivity contribution is 0.0949. The number of carbonyl (C=O) groups is 1. The van der Waals surface area contributed by atoms with E-state index in [2.05, 4.69) is 10.6 Å². The maximum Gasteiger partial charge on any atom is 0.251 e. The van der Waals surface area contributed by atoms with Crippen LogP contribution < -0.4 is 10.6 Å². The summed E-state index contributed by atoms with van der Waals surface area (Å²) in [6, 6.07) is 2.08. The van der Waals surface area contributed by atoms with Crippen LogP contribution in [0.2, 0.25) is 0 Å². The molecule has 0 saturated carbocycles. The van der Waals surface area contributed by atoms with E-state index in [4.69, 9.17) is 0 Å². The van der Waals surface area contributed by atoms with Crippen LogP contribution in [0, 0.1) is 11.6 Å². The number of likely N-dealkylation sites (N-methyl/N-ethyl adjacent to an activating group) is 1. The van der Waals surface area contributed by atoms with Gasteiger partial charge in [0, 0.05) is 25.2 Å². The van der Waals surface area contributed by atoms with E-state index in [9.17, 15) is 13.6 Å². The average molecular weight is 285 g/mol. The molecule has 1 rings (SSSR count). The Kier molecular flexibility index (Phi) is 6.38. The molecule has 0 saturated heterocycles. The van der Waals surface area contributed by atoms with Gasteiger partial charge in [0.2, 0.25) is 0 Å². The minimum absolute atomic E-state index is 0.0131. The Labute approximate surface area is 118 Å². The molecule has 6 heteroatoms. The third kappa shape index (κ3) is 4.45. The fourth-order valence-corrected chi connectivity index (χ4v) is 1.67. The van der Waals surface area contributed by atoms with Crippen LogP contribution in [0.15, 0.2) is 12.1 Å². The highest BCUT2D eigenvalue weighted by molar-refractivity contribution is 5.94. The van der Waals surface area contributed by atoms with Crippen LogP contribution in [-0.4, -0.2) is 44.0 Å². The molecule has 4 nitrogen and oxygen atoms in total. The van der Waals surface area contributed by atoms with Crippen molar-refractivity contribution in [1.29, 1.82) is 0 Å². The van der Waals surface area contributed by atoms with E-state index in [1.165, 1.54) is 0 Å². The van der Waals surface area contributed by atoms with Gasteiger partial charge in [-0.1, -0.05) is 6.92 Å². The molecule has 0 aliphatic carbocycles. The van der Waals surface area contributed by atoms with Gasteiger partial charge in [0.1, 0.15) is 17.3 Å². The third-order valence-corrected chi connectivity index (χ3v) is 2.98. The highest BCUT2D eigenvalue weighted by Crippen LogP contribution is 2.20. The monoisotopic (exact) mass is 285 g/mol. The summed E-state index contributed by atoms with van der Waals surface area (Å²) in [6.45, 7) is 6.14. The predicted molar refractivity (Wildman–Crippen MR) is 76.0 cm³/mol. The Morgan fingerprint density at radius 1 is 1.25 bits per heavy atom. The molecule has 0 bridgehead atoms. The topological polar surface area (TPSA) is 44.4 Å². The zero-order valence-electron chi connectivity index (χ0n) is 12.1. The minimum atomic E-state index is -0.761. The van der Waals surface area contributed by atoms with E-state index in [-0.39, 0.29) is 11.3 Å². The summed E-state index contributed by atoms with van der Waals surface area (Å²) in [5, 5.41) is 5.22. The van der Waals surface area contributed by atoms with E-state index < -0.39 is 17.5 Å². The third-order valence-electron chi connectivity index (χ3n) is 2.98. The van der Waals surface area contributed by atoms with Crippen molar-refractivity contribution in [2.24, 2.45) is 0 Å². The first kappa shape index (κ1) is 16.4. The molecular weight excluding hydrogens is 264 g/mol. The summed E-state index contributed by atoms with van der Waals surface area (Å²) in [4.78, 5) is 13.8. The lowest BCUT2D eigenvalue weighted by atomic mass is 10.1. The lowest BCUT2D eigenvalue weighted by Gasteiger charge is -2.14. The van der Waals surface area contributed by atoms with Gasteiger partial charge < -0.3 is 15.5 Å². The van der Waals surface area contributed by atoms with Crippen molar-refractivity contribution in [3.8, 4) is 0 Å². The van der Waals surface area contributed by atoms with Crippen LogP contribution in [-0.2, 0) is 0 Å². The van der Waals surface area contributed by atoms with Crippen molar-refractivity contribution in [3.05, 3.63) is 29.3 Å². The van der Waals surface area contributed by atoms with Gasteiger partial charge in [0.05, 0.1) is 0 Å². The van der Waals surface area contributed by atoms with Crippen LogP contribution >= 0.6 is 0 Å². The number of anilines is 1. The van der Waals surface area contributed by atoms with Gasteiger partial charge in [-0.05, 0) is 32.6 Å². The summed E-state index contributed by atoms with van der Waals surface area (Å²) in [5.41, 5.74) is -0.212. The Bertz CT molecular complexity index is 443. The van der Waals surface area contributed by atoms with Crippen molar-refractivity contribution in [2.45, 2.75) is 13.8 Å². The number of nitrogens with zero attached hydrogens (tertiary/aromatic N) is 1. The van der Waals surface area contributed by atoms with Crippen LogP contribution in [0.5, 0.6) is 0 Å². The minimum Gasteiger partial charge on any atom is -0.381 e. The van der Waals surface area contributed by atoms with Gasteiger partial charge in [0.25, 0.3) is 5.91 Å². The van der Waals surface area contributed by atoms with E-state index in [1.54, 1.807) is 6.92 Å². The SMILES string of the molecule is CCNc1c(F)cc(C(=O)NCCN(C)CC)cc1F. The first-order valence-electron chi connectivity index (χ1n) is 6.69. The maximum atomic E-state index is 13.7. The Balaban J connectivity index is 2.69. The molecule has 0 aliphatic rings. The Morgan fingerprint density at radius 3 is 2.35 bits per heavy atom. The number of halogens is 2. The van der Waals surface area contributed by atoms with E-state index in [0.717, 1.165) is 18.7 Å². The fourth-order valence-electron chi connectivity index (χ4n) is 1.67. The van der Waals surface area contributed by atoms with Crippen molar-refractivity contribution < 1.29 is 13.6 Å². The molecule has 20 heavy (non-hydrogen) atoms. The standard InChI is InChI=1S/C14H21F2N3O/c1-4-17-13-11(15)8-10(9-12(13)16)14(20)18-6-7-19(3)5-2/h8-9,17H,4-7H2,1-3H3,(H,18,20). The van der Waals surface area contributed by atoms with Crippen LogP contribution in [0.4, 0.5) is 14.5 Å². The second-order valence-corrected chi connectivity index (χ2v) is 4.50. The number of rotatable bonds is 7. The summed E-state index contributed by atoms with van der Waals surface area (Å²) < 4.78 is 27.3. The summed E-state index contributed by atoms with van der Waals surface area (Å²) >= 11 is 0. The van der Waals surface area contributed by atoms with Crippen molar-refractivity contribution in [3.63, 3.8) is 0 Å². The largest absolute Gasteiger partial charge is 0.381 e. The second kappa shape index (κ2) is 7.79. The van der Waals surface area contributed by atoms with Crippen molar-refractivity contribution in [2.75, 3.05) is 38.5 Å². The van der Waals surface area contributed by atoms with Gasteiger partial charge >= 0.3 is 0 Å². The first-order chi connectivity index (χ1) is 9.49. The molecule has 0 aliphatic heterocycles. The molecule has 0 atom stereocenters. The van der Waals surface area contributed by atoms with E-state index in [1.807, 2.05) is 18.9 Å².